The Kier molecular flexibility index (Phi) is 7.05. The number of hydrogen-bond acceptors (Lipinski definition) is 8. The van der Waals surface area contributed by atoms with Crippen molar-refractivity contribution in [3.8, 4) is 11.5 Å². The summed E-state index contributed by atoms with van der Waals surface area (Å²) < 4.78 is 17.0. The van der Waals surface area contributed by atoms with Crippen LogP contribution in [0.4, 0.5) is 0 Å². The molecule has 2 N–H and O–H groups in total. The maximum Gasteiger partial charge on any atom is 0.337 e. The van der Waals surface area contributed by atoms with Crippen molar-refractivity contribution in [2.45, 2.75) is 13.1 Å². The van der Waals surface area contributed by atoms with Crippen LogP contribution in [0.15, 0.2) is 59.5 Å². The highest BCUT2D eigenvalue weighted by molar-refractivity contribution is 5.92. The average molecular weight is 477 g/mol. The van der Waals surface area contributed by atoms with Crippen LogP contribution in [0.3, 0.4) is 0 Å². The smallest absolute Gasteiger partial charge is 0.337 e. The molecule has 0 atom stereocenters. The predicted molar refractivity (Wildman–Crippen MR) is 126 cm³/mol. The van der Waals surface area contributed by atoms with Crippen LogP contribution in [0.1, 0.15) is 26.5 Å². The molecule has 0 aliphatic heterocycles. The van der Waals surface area contributed by atoms with Crippen molar-refractivity contribution in [2.75, 3.05) is 20.8 Å². The molecule has 2 aromatic carbocycles. The molecule has 35 heavy (non-hydrogen) atoms. The van der Waals surface area contributed by atoms with Gasteiger partial charge in [-0.3, -0.25) is 14.3 Å². The molecular weight excluding hydrogens is 454 g/mol. The van der Waals surface area contributed by atoms with Crippen LogP contribution in [-0.2, 0) is 17.8 Å². The summed E-state index contributed by atoms with van der Waals surface area (Å²) >= 11 is 0. The zero-order valence-corrected chi connectivity index (χ0v) is 19.1. The monoisotopic (exact) mass is 477 g/mol. The fraction of sp³-hybridized carbons (Fsp3) is 0.208. The highest BCUT2D eigenvalue weighted by Gasteiger charge is 2.15. The fourth-order valence-electron chi connectivity index (χ4n) is 3.39. The quantitative estimate of drug-likeness (QED) is 0.349. The first-order valence-corrected chi connectivity index (χ1v) is 10.7. The molecule has 11 nitrogen and oxygen atoms in total. The third-order valence-electron chi connectivity index (χ3n) is 5.15. The summed E-state index contributed by atoms with van der Waals surface area (Å²) in [6.07, 6.45) is 1.43. The van der Waals surface area contributed by atoms with Gasteiger partial charge in [0.05, 0.1) is 32.5 Å². The number of aromatic nitrogens is 4. The van der Waals surface area contributed by atoms with Gasteiger partial charge in [0, 0.05) is 6.54 Å². The van der Waals surface area contributed by atoms with Gasteiger partial charge in [0.1, 0.15) is 23.6 Å². The fourth-order valence-corrected chi connectivity index (χ4v) is 3.39. The second kappa shape index (κ2) is 10.5. The number of H-pyrrole nitrogens is 1. The zero-order chi connectivity index (χ0) is 24.8. The van der Waals surface area contributed by atoms with Crippen LogP contribution in [0, 0.1) is 0 Å². The van der Waals surface area contributed by atoms with E-state index in [2.05, 4.69) is 25.1 Å². The molecule has 2 heterocycles. The van der Waals surface area contributed by atoms with Crippen molar-refractivity contribution >= 4 is 22.9 Å². The molecule has 11 heteroatoms. The lowest BCUT2D eigenvalue weighted by molar-refractivity contribution is 0.0600. The van der Waals surface area contributed by atoms with E-state index in [9.17, 15) is 14.4 Å². The molecule has 0 radical (unpaired) electrons. The van der Waals surface area contributed by atoms with Gasteiger partial charge in [-0.2, -0.15) is 5.10 Å². The maximum atomic E-state index is 12.7. The predicted octanol–water partition coefficient (Wildman–Crippen LogP) is 1.92. The normalized spacial score (nSPS) is 10.7. The number of methoxy groups -OCH3 is 2. The van der Waals surface area contributed by atoms with Gasteiger partial charge in [-0.15, -0.1) is 0 Å². The third-order valence-corrected chi connectivity index (χ3v) is 5.15. The first-order chi connectivity index (χ1) is 17.0. The Morgan fingerprint density at radius 3 is 2.63 bits per heavy atom. The number of nitrogens with one attached hydrogen (secondary N) is 2. The zero-order valence-electron chi connectivity index (χ0n) is 19.1. The molecule has 0 spiro atoms. The lowest BCUT2D eigenvalue weighted by Gasteiger charge is -2.08. The number of nitrogens with zero attached hydrogens (tertiary/aromatic N) is 3. The molecule has 1 amide bonds. The van der Waals surface area contributed by atoms with Gasteiger partial charge >= 0.3 is 5.97 Å². The lowest BCUT2D eigenvalue weighted by Crippen LogP contribution is -2.28. The van der Waals surface area contributed by atoms with Crippen LogP contribution >= 0.6 is 0 Å². The molecule has 0 fully saturated rings. The first kappa shape index (κ1) is 23.5. The summed E-state index contributed by atoms with van der Waals surface area (Å²) in [5, 5.41) is 6.93. The highest BCUT2D eigenvalue weighted by Crippen LogP contribution is 2.14. The summed E-state index contributed by atoms with van der Waals surface area (Å²) in [6.45, 7) is 0.736. The molecule has 180 valence electrons. The summed E-state index contributed by atoms with van der Waals surface area (Å²) in [5.41, 5.74) is 1.30. The Morgan fingerprint density at radius 2 is 1.89 bits per heavy atom. The number of esters is 1. The van der Waals surface area contributed by atoms with Crippen LogP contribution in [0.25, 0.3) is 11.0 Å². The number of carbonyl (C=O) groups is 2. The SMILES string of the molecule is COC(=O)c1ccc(OCCn2ncc3nc(C(=O)NCc4cccc(OC)c4)[nH]c(=O)c32)cc1. The van der Waals surface area contributed by atoms with Gasteiger partial charge in [-0.1, -0.05) is 12.1 Å². The number of hydrogen-bond donors (Lipinski definition) is 2. The van der Waals surface area contributed by atoms with Crippen molar-refractivity contribution in [2.24, 2.45) is 0 Å². The van der Waals surface area contributed by atoms with Gasteiger partial charge in [0.15, 0.2) is 11.3 Å². The van der Waals surface area contributed by atoms with Crippen molar-refractivity contribution in [3.05, 3.63) is 82.0 Å². The summed E-state index contributed by atoms with van der Waals surface area (Å²) in [6, 6.07) is 13.8. The van der Waals surface area contributed by atoms with E-state index in [0.717, 1.165) is 5.56 Å². The van der Waals surface area contributed by atoms with Crippen LogP contribution in [0.5, 0.6) is 11.5 Å². The standard InChI is InChI=1S/C24H23N5O6/c1-33-18-5-3-4-15(12-18)13-25-23(31)21-27-19-14-26-29(20(19)22(30)28-21)10-11-35-17-8-6-16(7-9-17)24(32)34-2/h3-9,12,14H,10-11,13H2,1-2H3,(H,25,31)(H,27,28,30). The number of amides is 1. The van der Waals surface area contributed by atoms with Crippen molar-refractivity contribution < 1.29 is 23.8 Å². The topological polar surface area (TPSA) is 137 Å². The Bertz CT molecular complexity index is 1410. The van der Waals surface area contributed by atoms with Gasteiger partial charge in [0.25, 0.3) is 11.5 Å². The van der Waals surface area contributed by atoms with Gasteiger partial charge in [0.2, 0.25) is 0 Å². The molecule has 0 unspecified atom stereocenters. The highest BCUT2D eigenvalue weighted by atomic mass is 16.5. The third kappa shape index (κ3) is 5.46. The summed E-state index contributed by atoms with van der Waals surface area (Å²) in [4.78, 5) is 43.5. The molecule has 0 aliphatic carbocycles. The van der Waals surface area contributed by atoms with Crippen LogP contribution in [-0.4, -0.2) is 52.5 Å². The second-order valence-electron chi connectivity index (χ2n) is 7.41. The van der Waals surface area contributed by atoms with E-state index in [1.54, 1.807) is 37.4 Å². The number of ether oxygens (including phenoxy) is 3. The molecule has 0 aliphatic rings. The Hall–Kier alpha value is -4.67. The van der Waals surface area contributed by atoms with Crippen molar-refractivity contribution in [1.82, 2.24) is 25.1 Å². The van der Waals surface area contributed by atoms with Gasteiger partial charge < -0.3 is 24.5 Å². The number of carbonyl (C=O) groups excluding carboxylic acids is 2. The molecule has 4 aromatic rings. The second-order valence-corrected chi connectivity index (χ2v) is 7.41. The minimum absolute atomic E-state index is 0.105. The minimum Gasteiger partial charge on any atom is -0.497 e. The number of benzene rings is 2. The van der Waals surface area contributed by atoms with Crippen LogP contribution < -0.4 is 20.3 Å². The van der Waals surface area contributed by atoms with E-state index in [1.807, 2.05) is 18.2 Å². The van der Waals surface area contributed by atoms with E-state index in [-0.39, 0.29) is 31.0 Å². The Morgan fingerprint density at radius 1 is 1.09 bits per heavy atom. The molecule has 0 bridgehead atoms. The number of rotatable bonds is 9. The van der Waals surface area contributed by atoms with Crippen molar-refractivity contribution in [3.63, 3.8) is 0 Å². The maximum absolute atomic E-state index is 12.7. The Labute approximate surface area is 199 Å². The summed E-state index contributed by atoms with van der Waals surface area (Å²) in [7, 11) is 2.88. The van der Waals surface area contributed by atoms with Crippen LogP contribution in [0.2, 0.25) is 0 Å². The minimum atomic E-state index is -0.515. The van der Waals surface area contributed by atoms with E-state index in [0.29, 0.717) is 22.6 Å². The van der Waals surface area contributed by atoms with Crippen molar-refractivity contribution in [1.29, 1.82) is 0 Å². The Balaban J connectivity index is 1.39. The summed E-state index contributed by atoms with van der Waals surface area (Å²) in [5.74, 6) is 0.181. The molecule has 2 aromatic heterocycles. The van der Waals surface area contributed by atoms with E-state index >= 15 is 0 Å². The lowest BCUT2D eigenvalue weighted by atomic mass is 10.2. The van der Waals surface area contributed by atoms with E-state index < -0.39 is 17.4 Å². The molecular formula is C24H23N5O6. The number of fused-ring (bicyclic) bond motifs is 1. The average Bonchev–Trinajstić information content (AvgIpc) is 3.30. The molecule has 0 saturated heterocycles. The number of aromatic amines is 1. The van der Waals surface area contributed by atoms with E-state index in [4.69, 9.17) is 9.47 Å². The van der Waals surface area contributed by atoms with Gasteiger partial charge in [-0.05, 0) is 42.0 Å². The first-order valence-electron chi connectivity index (χ1n) is 10.7. The van der Waals surface area contributed by atoms with E-state index in [1.165, 1.54) is 18.0 Å². The molecule has 4 rings (SSSR count). The molecule has 0 saturated carbocycles. The van der Waals surface area contributed by atoms with Gasteiger partial charge in [-0.25, -0.2) is 9.78 Å². The largest absolute Gasteiger partial charge is 0.497 e.